The van der Waals surface area contributed by atoms with Crippen molar-refractivity contribution >= 4 is 5.91 Å². The number of nitrogens with zero attached hydrogens (tertiary/aromatic N) is 1. The van der Waals surface area contributed by atoms with Crippen molar-refractivity contribution in [3.05, 3.63) is 35.9 Å². The largest absolute Gasteiger partial charge is 0.340 e. The summed E-state index contributed by atoms with van der Waals surface area (Å²) < 4.78 is 0. The molecule has 0 saturated carbocycles. The lowest BCUT2D eigenvalue weighted by Crippen LogP contribution is -2.51. The van der Waals surface area contributed by atoms with Crippen LogP contribution in [0.4, 0.5) is 0 Å². The van der Waals surface area contributed by atoms with Gasteiger partial charge in [0.25, 0.3) is 0 Å². The summed E-state index contributed by atoms with van der Waals surface area (Å²) in [6, 6.07) is 10.8. The fourth-order valence-corrected chi connectivity index (χ4v) is 2.41. The number of hydrogen-bond acceptors (Lipinski definition) is 2. The van der Waals surface area contributed by atoms with Crippen LogP contribution in [0.25, 0.3) is 0 Å². The van der Waals surface area contributed by atoms with E-state index in [1.165, 1.54) is 5.56 Å². The standard InChI is InChI=1S/C15H22N2O/c1-13-12-17(11-10-16-13)15(18)9-5-8-14-6-3-2-4-7-14/h2-4,6-7,13,16H,5,8-12H2,1H3. The van der Waals surface area contributed by atoms with Gasteiger partial charge in [0.15, 0.2) is 0 Å². The molecule has 2 rings (SSSR count). The Morgan fingerprint density at radius 3 is 2.89 bits per heavy atom. The van der Waals surface area contributed by atoms with Gasteiger partial charge in [0, 0.05) is 32.1 Å². The third-order valence-corrected chi connectivity index (χ3v) is 3.42. The molecule has 18 heavy (non-hydrogen) atoms. The fraction of sp³-hybridized carbons (Fsp3) is 0.533. The summed E-state index contributed by atoms with van der Waals surface area (Å²) in [7, 11) is 0. The number of hydrogen-bond donors (Lipinski definition) is 1. The maximum absolute atomic E-state index is 12.0. The van der Waals surface area contributed by atoms with Gasteiger partial charge in [0.2, 0.25) is 5.91 Å². The number of aryl methyl sites for hydroxylation is 1. The van der Waals surface area contributed by atoms with E-state index in [2.05, 4.69) is 36.5 Å². The lowest BCUT2D eigenvalue weighted by molar-refractivity contribution is -0.132. The number of amides is 1. The monoisotopic (exact) mass is 246 g/mol. The Balaban J connectivity index is 1.71. The molecule has 0 aromatic heterocycles. The fourth-order valence-electron chi connectivity index (χ4n) is 2.41. The summed E-state index contributed by atoms with van der Waals surface area (Å²) in [5, 5.41) is 3.35. The maximum atomic E-state index is 12.0. The van der Waals surface area contributed by atoms with Crippen molar-refractivity contribution in [3.63, 3.8) is 0 Å². The van der Waals surface area contributed by atoms with Crippen LogP contribution in [0.15, 0.2) is 30.3 Å². The Morgan fingerprint density at radius 2 is 2.17 bits per heavy atom. The normalized spacial score (nSPS) is 19.8. The first-order valence-corrected chi connectivity index (χ1v) is 6.81. The Morgan fingerprint density at radius 1 is 1.39 bits per heavy atom. The molecule has 1 aliphatic heterocycles. The van der Waals surface area contributed by atoms with Crippen LogP contribution in [-0.4, -0.2) is 36.5 Å². The molecule has 98 valence electrons. The molecule has 1 fully saturated rings. The first-order valence-electron chi connectivity index (χ1n) is 6.81. The van der Waals surface area contributed by atoms with Crippen LogP contribution in [0.3, 0.4) is 0 Å². The van der Waals surface area contributed by atoms with Crippen LogP contribution in [0.2, 0.25) is 0 Å². The molecule has 0 radical (unpaired) electrons. The van der Waals surface area contributed by atoms with Crippen LogP contribution in [0.1, 0.15) is 25.3 Å². The third kappa shape index (κ3) is 3.84. The Bertz CT molecular complexity index is 377. The maximum Gasteiger partial charge on any atom is 0.222 e. The van der Waals surface area contributed by atoms with Gasteiger partial charge in [-0.15, -0.1) is 0 Å². The highest BCUT2D eigenvalue weighted by atomic mass is 16.2. The zero-order valence-electron chi connectivity index (χ0n) is 11.1. The highest BCUT2D eigenvalue weighted by molar-refractivity contribution is 5.76. The van der Waals surface area contributed by atoms with Gasteiger partial charge >= 0.3 is 0 Å². The highest BCUT2D eigenvalue weighted by Crippen LogP contribution is 2.08. The van der Waals surface area contributed by atoms with Crippen molar-refractivity contribution in [1.29, 1.82) is 0 Å². The van der Waals surface area contributed by atoms with Crippen molar-refractivity contribution in [2.75, 3.05) is 19.6 Å². The minimum atomic E-state index is 0.305. The van der Waals surface area contributed by atoms with Gasteiger partial charge in [-0.3, -0.25) is 4.79 Å². The van der Waals surface area contributed by atoms with E-state index in [9.17, 15) is 4.79 Å². The van der Waals surface area contributed by atoms with Gasteiger partial charge in [-0.25, -0.2) is 0 Å². The Kier molecular flexibility index (Phi) is 4.76. The van der Waals surface area contributed by atoms with Crippen molar-refractivity contribution in [1.82, 2.24) is 10.2 Å². The second kappa shape index (κ2) is 6.55. The molecule has 1 aliphatic rings. The molecule has 1 aromatic rings. The molecule has 1 aromatic carbocycles. The van der Waals surface area contributed by atoms with Gasteiger partial charge in [0.1, 0.15) is 0 Å². The van der Waals surface area contributed by atoms with Gasteiger partial charge in [0.05, 0.1) is 0 Å². The van der Waals surface area contributed by atoms with E-state index >= 15 is 0 Å². The number of carbonyl (C=O) groups is 1. The zero-order chi connectivity index (χ0) is 12.8. The number of benzene rings is 1. The number of rotatable bonds is 4. The molecule has 3 nitrogen and oxygen atoms in total. The molecular weight excluding hydrogens is 224 g/mol. The van der Waals surface area contributed by atoms with E-state index in [1.54, 1.807) is 0 Å². The van der Waals surface area contributed by atoms with E-state index < -0.39 is 0 Å². The number of nitrogens with one attached hydrogen (secondary N) is 1. The average Bonchev–Trinajstić information content (AvgIpc) is 2.40. The van der Waals surface area contributed by atoms with E-state index in [-0.39, 0.29) is 0 Å². The van der Waals surface area contributed by atoms with Crippen molar-refractivity contribution in [2.24, 2.45) is 0 Å². The molecule has 0 bridgehead atoms. The second-order valence-corrected chi connectivity index (χ2v) is 5.03. The predicted molar refractivity (Wildman–Crippen MR) is 73.4 cm³/mol. The Hall–Kier alpha value is -1.35. The van der Waals surface area contributed by atoms with Crippen LogP contribution >= 0.6 is 0 Å². The first-order chi connectivity index (χ1) is 8.75. The van der Waals surface area contributed by atoms with E-state index in [1.807, 2.05) is 11.0 Å². The molecular formula is C15H22N2O. The number of piperazine rings is 1. The highest BCUT2D eigenvalue weighted by Gasteiger charge is 2.19. The minimum absolute atomic E-state index is 0.305. The molecule has 0 aliphatic carbocycles. The van der Waals surface area contributed by atoms with Crippen LogP contribution in [-0.2, 0) is 11.2 Å². The summed E-state index contributed by atoms with van der Waals surface area (Å²) in [5.74, 6) is 0.305. The summed E-state index contributed by atoms with van der Waals surface area (Å²) >= 11 is 0. The second-order valence-electron chi connectivity index (χ2n) is 5.03. The first kappa shape index (κ1) is 13.1. The molecule has 1 N–H and O–H groups in total. The van der Waals surface area contributed by atoms with Gasteiger partial charge in [-0.1, -0.05) is 30.3 Å². The van der Waals surface area contributed by atoms with E-state index in [0.29, 0.717) is 18.4 Å². The molecule has 1 saturated heterocycles. The summed E-state index contributed by atoms with van der Waals surface area (Å²) in [4.78, 5) is 14.0. The van der Waals surface area contributed by atoms with Crippen LogP contribution in [0, 0.1) is 0 Å². The van der Waals surface area contributed by atoms with Crippen molar-refractivity contribution in [2.45, 2.75) is 32.2 Å². The van der Waals surface area contributed by atoms with Gasteiger partial charge < -0.3 is 10.2 Å². The van der Waals surface area contributed by atoms with Gasteiger partial charge in [-0.05, 0) is 25.3 Å². The smallest absolute Gasteiger partial charge is 0.222 e. The molecule has 1 atom stereocenters. The molecule has 1 heterocycles. The molecule has 1 unspecified atom stereocenters. The topological polar surface area (TPSA) is 32.3 Å². The van der Waals surface area contributed by atoms with E-state index in [4.69, 9.17) is 0 Å². The molecule has 0 spiro atoms. The SMILES string of the molecule is CC1CN(C(=O)CCCc2ccccc2)CCN1. The minimum Gasteiger partial charge on any atom is -0.340 e. The quantitative estimate of drug-likeness (QED) is 0.879. The molecule has 3 heteroatoms. The lowest BCUT2D eigenvalue weighted by atomic mass is 10.1. The van der Waals surface area contributed by atoms with Crippen LogP contribution in [0.5, 0.6) is 0 Å². The summed E-state index contributed by atoms with van der Waals surface area (Å²) in [6.07, 6.45) is 2.61. The lowest BCUT2D eigenvalue weighted by Gasteiger charge is -2.32. The van der Waals surface area contributed by atoms with Crippen LogP contribution < -0.4 is 5.32 Å². The number of carbonyl (C=O) groups excluding carboxylic acids is 1. The summed E-state index contributed by atoms with van der Waals surface area (Å²) in [5.41, 5.74) is 1.32. The van der Waals surface area contributed by atoms with Gasteiger partial charge in [-0.2, -0.15) is 0 Å². The zero-order valence-corrected chi connectivity index (χ0v) is 11.1. The van der Waals surface area contributed by atoms with Crippen molar-refractivity contribution < 1.29 is 4.79 Å². The van der Waals surface area contributed by atoms with Crippen molar-refractivity contribution in [3.8, 4) is 0 Å². The average molecular weight is 246 g/mol. The third-order valence-electron chi connectivity index (χ3n) is 3.42. The Labute approximate surface area is 109 Å². The van der Waals surface area contributed by atoms with E-state index in [0.717, 1.165) is 32.5 Å². The molecule has 1 amide bonds. The summed E-state index contributed by atoms with van der Waals surface area (Å²) in [6.45, 7) is 4.76. The predicted octanol–water partition coefficient (Wildman–Crippen LogP) is 1.83.